The lowest BCUT2D eigenvalue weighted by Gasteiger charge is -2.16. The van der Waals surface area contributed by atoms with Gasteiger partial charge in [-0.05, 0) is 29.5 Å². The van der Waals surface area contributed by atoms with Crippen molar-refractivity contribution >= 4 is 23.2 Å². The van der Waals surface area contributed by atoms with Crippen LogP contribution in [-0.4, -0.2) is 6.54 Å². The lowest BCUT2D eigenvalue weighted by molar-refractivity contribution is 0.403. The second kappa shape index (κ2) is 3.97. The summed E-state index contributed by atoms with van der Waals surface area (Å²) in [5, 5.41) is 4.95. The minimum atomic E-state index is 0.355. The average Bonchev–Trinajstić information content (AvgIpc) is 2.46. The molecule has 1 saturated heterocycles. The molecule has 1 aromatic rings. The molecule has 1 aliphatic heterocycles. The zero-order chi connectivity index (χ0) is 11.1. The molecule has 1 aliphatic rings. The molecule has 1 heterocycles. The van der Waals surface area contributed by atoms with Gasteiger partial charge in [0.25, 0.3) is 0 Å². The highest BCUT2D eigenvalue weighted by Gasteiger charge is 2.32. The van der Waals surface area contributed by atoms with Crippen LogP contribution in [0.4, 0.5) is 0 Å². The zero-order valence-electron chi connectivity index (χ0n) is 8.98. The van der Waals surface area contributed by atoms with E-state index >= 15 is 0 Å². The Morgan fingerprint density at radius 1 is 1.33 bits per heavy atom. The second-order valence-corrected chi connectivity index (χ2v) is 5.81. The Bertz CT molecular complexity index is 374. The molecule has 0 saturated carbocycles. The van der Waals surface area contributed by atoms with Gasteiger partial charge in [0.05, 0.1) is 0 Å². The van der Waals surface area contributed by atoms with Crippen molar-refractivity contribution in [3.05, 3.63) is 33.8 Å². The first-order valence-corrected chi connectivity index (χ1v) is 5.92. The summed E-state index contributed by atoms with van der Waals surface area (Å²) in [5.74, 6) is 0. The van der Waals surface area contributed by atoms with Gasteiger partial charge >= 0.3 is 0 Å². The lowest BCUT2D eigenvalue weighted by atomic mass is 9.89. The van der Waals surface area contributed by atoms with E-state index in [1.807, 2.05) is 18.2 Å². The second-order valence-electron chi connectivity index (χ2n) is 4.97. The van der Waals surface area contributed by atoms with Gasteiger partial charge in [0.2, 0.25) is 0 Å². The molecule has 0 spiro atoms. The van der Waals surface area contributed by atoms with Gasteiger partial charge in [0.15, 0.2) is 0 Å². The van der Waals surface area contributed by atoms with E-state index in [2.05, 4.69) is 19.2 Å². The van der Waals surface area contributed by atoms with Crippen LogP contribution < -0.4 is 5.32 Å². The molecule has 0 aliphatic carbocycles. The molecule has 1 nitrogen and oxygen atoms in total. The first kappa shape index (κ1) is 11.3. The predicted octanol–water partition coefficient (Wildman–Crippen LogP) is 4.05. The number of hydrogen-bond acceptors (Lipinski definition) is 1. The summed E-state index contributed by atoms with van der Waals surface area (Å²) in [6.45, 7) is 5.57. The van der Waals surface area contributed by atoms with Crippen LogP contribution in [0.5, 0.6) is 0 Å². The summed E-state index contributed by atoms with van der Waals surface area (Å²) in [6, 6.07) is 6.09. The molecule has 1 N–H and O–H groups in total. The predicted molar refractivity (Wildman–Crippen MR) is 65.6 cm³/mol. The molecule has 1 atom stereocenters. The molecule has 82 valence electrons. The van der Waals surface area contributed by atoms with E-state index in [1.165, 1.54) is 0 Å². The van der Waals surface area contributed by atoms with Crippen LogP contribution in [0.3, 0.4) is 0 Å². The van der Waals surface area contributed by atoms with Crippen LogP contribution in [-0.2, 0) is 0 Å². The van der Waals surface area contributed by atoms with Crippen LogP contribution in [0.15, 0.2) is 18.2 Å². The smallest absolute Gasteiger partial charge is 0.0468 e. The van der Waals surface area contributed by atoms with E-state index < -0.39 is 0 Å². The van der Waals surface area contributed by atoms with Crippen LogP contribution in [0.2, 0.25) is 10.0 Å². The third-order valence-corrected chi connectivity index (χ3v) is 3.48. The number of benzene rings is 1. The SMILES string of the molecule is CC1(C)CN[C@@H](c2ccc(Cl)cc2Cl)C1. The highest BCUT2D eigenvalue weighted by atomic mass is 35.5. The van der Waals surface area contributed by atoms with Gasteiger partial charge in [0, 0.05) is 22.6 Å². The molecule has 2 rings (SSSR count). The minimum absolute atomic E-state index is 0.355. The topological polar surface area (TPSA) is 12.0 Å². The van der Waals surface area contributed by atoms with Crippen LogP contribution in [0.25, 0.3) is 0 Å². The van der Waals surface area contributed by atoms with Crippen molar-refractivity contribution in [1.82, 2.24) is 5.32 Å². The van der Waals surface area contributed by atoms with Crippen molar-refractivity contribution < 1.29 is 0 Å². The highest BCUT2D eigenvalue weighted by Crippen LogP contribution is 2.38. The molecule has 0 amide bonds. The molecule has 0 unspecified atom stereocenters. The Morgan fingerprint density at radius 2 is 2.07 bits per heavy atom. The summed E-state index contributed by atoms with van der Waals surface area (Å²) >= 11 is 12.1. The maximum absolute atomic E-state index is 6.18. The van der Waals surface area contributed by atoms with Crippen molar-refractivity contribution in [2.45, 2.75) is 26.3 Å². The summed E-state index contributed by atoms with van der Waals surface area (Å²) in [4.78, 5) is 0. The Balaban J connectivity index is 2.24. The maximum Gasteiger partial charge on any atom is 0.0468 e. The molecule has 0 aromatic heterocycles. The Labute approximate surface area is 101 Å². The fourth-order valence-electron chi connectivity index (χ4n) is 2.10. The van der Waals surface area contributed by atoms with Crippen molar-refractivity contribution in [3.63, 3.8) is 0 Å². The fourth-order valence-corrected chi connectivity index (χ4v) is 2.64. The first-order valence-electron chi connectivity index (χ1n) is 5.16. The number of halogens is 2. The lowest BCUT2D eigenvalue weighted by Crippen LogP contribution is -2.16. The van der Waals surface area contributed by atoms with Crippen LogP contribution >= 0.6 is 23.2 Å². The standard InChI is InChI=1S/C12H15Cl2N/c1-12(2)6-11(15-7-12)9-4-3-8(13)5-10(9)14/h3-5,11,15H,6-7H2,1-2H3/t11-/m1/s1. The van der Waals surface area contributed by atoms with E-state index in [4.69, 9.17) is 23.2 Å². The van der Waals surface area contributed by atoms with E-state index in [0.717, 1.165) is 23.6 Å². The maximum atomic E-state index is 6.18. The molecule has 15 heavy (non-hydrogen) atoms. The van der Waals surface area contributed by atoms with Gasteiger partial charge in [-0.3, -0.25) is 0 Å². The van der Waals surface area contributed by atoms with Gasteiger partial charge in [-0.1, -0.05) is 43.1 Å². The van der Waals surface area contributed by atoms with Gasteiger partial charge < -0.3 is 5.32 Å². The molecule has 1 fully saturated rings. The summed E-state index contributed by atoms with van der Waals surface area (Å²) in [6.07, 6.45) is 1.12. The average molecular weight is 244 g/mol. The van der Waals surface area contributed by atoms with Crippen molar-refractivity contribution in [2.75, 3.05) is 6.54 Å². The summed E-state index contributed by atoms with van der Waals surface area (Å²) in [5.41, 5.74) is 1.51. The Morgan fingerprint density at radius 3 is 2.60 bits per heavy atom. The molecular weight excluding hydrogens is 229 g/mol. The van der Waals surface area contributed by atoms with Gasteiger partial charge in [-0.15, -0.1) is 0 Å². The van der Waals surface area contributed by atoms with Crippen LogP contribution in [0.1, 0.15) is 31.9 Å². The van der Waals surface area contributed by atoms with E-state index in [1.54, 1.807) is 0 Å². The minimum Gasteiger partial charge on any atom is -0.309 e. The first-order chi connectivity index (χ1) is 6.98. The quantitative estimate of drug-likeness (QED) is 0.785. The highest BCUT2D eigenvalue weighted by molar-refractivity contribution is 6.35. The Hall–Kier alpha value is -0.240. The van der Waals surface area contributed by atoms with Gasteiger partial charge in [-0.2, -0.15) is 0 Å². The number of hydrogen-bond donors (Lipinski definition) is 1. The van der Waals surface area contributed by atoms with E-state index in [-0.39, 0.29) is 0 Å². The van der Waals surface area contributed by atoms with Crippen LogP contribution in [0, 0.1) is 5.41 Å². The normalized spacial score (nSPS) is 24.4. The third-order valence-electron chi connectivity index (χ3n) is 2.92. The van der Waals surface area contributed by atoms with E-state index in [9.17, 15) is 0 Å². The van der Waals surface area contributed by atoms with Crippen molar-refractivity contribution in [1.29, 1.82) is 0 Å². The van der Waals surface area contributed by atoms with Crippen molar-refractivity contribution in [3.8, 4) is 0 Å². The summed E-state index contributed by atoms with van der Waals surface area (Å²) < 4.78 is 0. The monoisotopic (exact) mass is 243 g/mol. The number of nitrogens with one attached hydrogen (secondary N) is 1. The van der Waals surface area contributed by atoms with Gasteiger partial charge in [-0.25, -0.2) is 0 Å². The fraction of sp³-hybridized carbons (Fsp3) is 0.500. The number of rotatable bonds is 1. The van der Waals surface area contributed by atoms with E-state index in [0.29, 0.717) is 16.5 Å². The molecule has 1 aromatic carbocycles. The van der Waals surface area contributed by atoms with Crippen molar-refractivity contribution in [2.24, 2.45) is 5.41 Å². The molecule has 3 heteroatoms. The largest absolute Gasteiger partial charge is 0.309 e. The Kier molecular flexibility index (Phi) is 2.98. The molecule has 0 bridgehead atoms. The summed E-state index contributed by atoms with van der Waals surface area (Å²) in [7, 11) is 0. The van der Waals surface area contributed by atoms with Gasteiger partial charge in [0.1, 0.15) is 0 Å². The molecular formula is C12H15Cl2N. The molecule has 0 radical (unpaired) electrons. The zero-order valence-corrected chi connectivity index (χ0v) is 10.5. The third kappa shape index (κ3) is 2.47.